The van der Waals surface area contributed by atoms with E-state index in [1.54, 1.807) is 6.20 Å². The zero-order valence-electron chi connectivity index (χ0n) is 14.6. The number of amides is 1. The van der Waals surface area contributed by atoms with Crippen molar-refractivity contribution in [2.75, 3.05) is 5.32 Å². The molecule has 1 N–H and O–H groups in total. The number of nitrogens with zero attached hydrogens (tertiary/aromatic N) is 3. The highest BCUT2D eigenvalue weighted by Gasteiger charge is 2.10. The second kappa shape index (κ2) is 7.75. The van der Waals surface area contributed by atoms with E-state index >= 15 is 0 Å². The molecule has 0 unspecified atom stereocenters. The Hall–Kier alpha value is -2.95. The van der Waals surface area contributed by atoms with Crippen molar-refractivity contribution in [1.29, 1.82) is 0 Å². The van der Waals surface area contributed by atoms with Gasteiger partial charge in [-0.3, -0.25) is 9.78 Å². The molecule has 1 aromatic carbocycles. The lowest BCUT2D eigenvalue weighted by atomic mass is 10.2. The summed E-state index contributed by atoms with van der Waals surface area (Å²) >= 11 is 0. The first-order valence-corrected chi connectivity index (χ1v) is 8.49. The van der Waals surface area contributed by atoms with Gasteiger partial charge in [0.05, 0.1) is 0 Å². The number of imidazole rings is 1. The normalized spacial score (nSPS) is 10.6. The third-order valence-electron chi connectivity index (χ3n) is 4.18. The number of pyridine rings is 1. The SMILES string of the molecule is CCc1ccc(-c2nccn2CCC(=O)Nc2ccccc2C)nc1. The molecule has 5 nitrogen and oxygen atoms in total. The van der Waals surface area contributed by atoms with Crippen LogP contribution in [-0.4, -0.2) is 20.4 Å². The van der Waals surface area contributed by atoms with E-state index in [-0.39, 0.29) is 5.91 Å². The van der Waals surface area contributed by atoms with Gasteiger partial charge in [-0.1, -0.05) is 31.2 Å². The first-order valence-electron chi connectivity index (χ1n) is 8.49. The molecule has 0 saturated heterocycles. The van der Waals surface area contributed by atoms with Crippen molar-refractivity contribution in [2.24, 2.45) is 0 Å². The molecule has 128 valence electrons. The van der Waals surface area contributed by atoms with E-state index in [9.17, 15) is 4.79 Å². The van der Waals surface area contributed by atoms with Crippen molar-refractivity contribution in [1.82, 2.24) is 14.5 Å². The van der Waals surface area contributed by atoms with E-state index in [1.165, 1.54) is 5.56 Å². The highest BCUT2D eigenvalue weighted by Crippen LogP contribution is 2.17. The molecule has 0 aliphatic heterocycles. The molecule has 0 fully saturated rings. The fourth-order valence-electron chi connectivity index (χ4n) is 2.64. The fraction of sp³-hybridized carbons (Fsp3) is 0.250. The van der Waals surface area contributed by atoms with Crippen LogP contribution in [0.3, 0.4) is 0 Å². The van der Waals surface area contributed by atoms with Crippen LogP contribution in [0.15, 0.2) is 55.0 Å². The Bertz CT molecular complexity index is 852. The van der Waals surface area contributed by atoms with Crippen LogP contribution in [0.4, 0.5) is 5.69 Å². The molecular formula is C20H22N4O. The summed E-state index contributed by atoms with van der Waals surface area (Å²) in [6, 6.07) is 11.8. The van der Waals surface area contributed by atoms with Gasteiger partial charge in [0.25, 0.3) is 0 Å². The van der Waals surface area contributed by atoms with Gasteiger partial charge in [-0.05, 0) is 36.6 Å². The van der Waals surface area contributed by atoms with E-state index in [2.05, 4.69) is 28.3 Å². The molecule has 1 amide bonds. The standard InChI is InChI=1S/C20H22N4O/c1-3-16-8-9-18(22-14-16)20-21-11-13-24(20)12-10-19(25)23-17-7-5-4-6-15(17)2/h4-9,11,13-14H,3,10,12H2,1-2H3,(H,23,25). The van der Waals surface area contributed by atoms with Gasteiger partial charge < -0.3 is 9.88 Å². The smallest absolute Gasteiger partial charge is 0.226 e. The maximum Gasteiger partial charge on any atom is 0.226 e. The average Bonchev–Trinajstić information content (AvgIpc) is 3.10. The van der Waals surface area contributed by atoms with Gasteiger partial charge in [-0.2, -0.15) is 0 Å². The largest absolute Gasteiger partial charge is 0.329 e. The minimum absolute atomic E-state index is 0.0109. The zero-order valence-corrected chi connectivity index (χ0v) is 14.6. The van der Waals surface area contributed by atoms with Crippen LogP contribution in [0.2, 0.25) is 0 Å². The Kier molecular flexibility index (Phi) is 5.23. The van der Waals surface area contributed by atoms with Gasteiger partial charge in [-0.25, -0.2) is 4.98 Å². The van der Waals surface area contributed by atoms with Crippen LogP contribution < -0.4 is 5.32 Å². The predicted octanol–water partition coefficient (Wildman–Crippen LogP) is 3.84. The fourth-order valence-corrected chi connectivity index (χ4v) is 2.64. The molecule has 3 aromatic rings. The molecule has 0 aliphatic rings. The maximum atomic E-state index is 12.2. The highest BCUT2D eigenvalue weighted by molar-refractivity contribution is 5.91. The monoisotopic (exact) mass is 334 g/mol. The summed E-state index contributed by atoms with van der Waals surface area (Å²) < 4.78 is 1.96. The van der Waals surface area contributed by atoms with Gasteiger partial charge >= 0.3 is 0 Å². The number of para-hydroxylation sites is 1. The van der Waals surface area contributed by atoms with E-state index < -0.39 is 0 Å². The van der Waals surface area contributed by atoms with Crippen molar-refractivity contribution in [3.05, 3.63) is 66.1 Å². The van der Waals surface area contributed by atoms with Gasteiger partial charge in [0, 0.05) is 37.2 Å². The molecule has 0 radical (unpaired) electrons. The Balaban J connectivity index is 1.65. The molecule has 0 bridgehead atoms. The molecule has 3 rings (SSSR count). The summed E-state index contributed by atoms with van der Waals surface area (Å²) in [5.74, 6) is 0.773. The van der Waals surface area contributed by atoms with Crippen LogP contribution in [0.1, 0.15) is 24.5 Å². The Labute approximate surface area is 147 Å². The minimum Gasteiger partial charge on any atom is -0.329 e. The van der Waals surface area contributed by atoms with Gasteiger partial charge in [-0.15, -0.1) is 0 Å². The molecule has 0 saturated carbocycles. The first-order chi connectivity index (χ1) is 12.2. The number of hydrogen-bond donors (Lipinski definition) is 1. The second-order valence-corrected chi connectivity index (χ2v) is 5.96. The lowest BCUT2D eigenvalue weighted by molar-refractivity contribution is -0.116. The van der Waals surface area contributed by atoms with Crippen LogP contribution in [0, 0.1) is 6.92 Å². The molecule has 0 atom stereocenters. The Morgan fingerprint density at radius 3 is 2.72 bits per heavy atom. The van der Waals surface area contributed by atoms with Gasteiger partial charge in [0.2, 0.25) is 5.91 Å². The van der Waals surface area contributed by atoms with Crippen molar-refractivity contribution < 1.29 is 4.79 Å². The molecule has 25 heavy (non-hydrogen) atoms. The Morgan fingerprint density at radius 1 is 1.16 bits per heavy atom. The summed E-state index contributed by atoms with van der Waals surface area (Å²) in [5, 5.41) is 2.96. The summed E-state index contributed by atoms with van der Waals surface area (Å²) in [6.07, 6.45) is 6.83. The molecule has 2 heterocycles. The molecule has 0 aliphatic carbocycles. The number of carbonyl (C=O) groups is 1. The number of benzene rings is 1. The zero-order chi connectivity index (χ0) is 17.6. The summed E-state index contributed by atoms with van der Waals surface area (Å²) in [7, 11) is 0. The average molecular weight is 334 g/mol. The molecule has 2 aromatic heterocycles. The first kappa shape index (κ1) is 16.9. The second-order valence-electron chi connectivity index (χ2n) is 5.96. The predicted molar refractivity (Wildman–Crippen MR) is 99.3 cm³/mol. The number of rotatable bonds is 6. The van der Waals surface area contributed by atoms with Crippen LogP contribution in [0.25, 0.3) is 11.5 Å². The summed E-state index contributed by atoms with van der Waals surface area (Å²) in [6.45, 7) is 4.64. The van der Waals surface area contributed by atoms with Crippen LogP contribution in [-0.2, 0) is 17.8 Å². The number of carbonyl (C=O) groups excluding carboxylic acids is 1. The van der Waals surface area contributed by atoms with Gasteiger partial charge in [0.1, 0.15) is 5.69 Å². The van der Waals surface area contributed by atoms with Crippen molar-refractivity contribution in [3.63, 3.8) is 0 Å². The number of aryl methyl sites for hydroxylation is 3. The molecule has 0 spiro atoms. The van der Waals surface area contributed by atoms with Crippen molar-refractivity contribution in [2.45, 2.75) is 33.2 Å². The lowest BCUT2D eigenvalue weighted by Gasteiger charge is -2.10. The summed E-state index contributed by atoms with van der Waals surface area (Å²) in [4.78, 5) is 21.1. The number of anilines is 1. The van der Waals surface area contributed by atoms with Crippen molar-refractivity contribution in [3.8, 4) is 11.5 Å². The number of aromatic nitrogens is 3. The minimum atomic E-state index is -0.0109. The van der Waals surface area contributed by atoms with E-state index in [4.69, 9.17) is 0 Å². The topological polar surface area (TPSA) is 59.8 Å². The van der Waals surface area contributed by atoms with Crippen molar-refractivity contribution >= 4 is 11.6 Å². The summed E-state index contributed by atoms with van der Waals surface area (Å²) in [5.41, 5.74) is 3.93. The third-order valence-corrected chi connectivity index (χ3v) is 4.18. The maximum absolute atomic E-state index is 12.2. The quantitative estimate of drug-likeness (QED) is 0.745. The molecule has 5 heteroatoms. The van der Waals surface area contributed by atoms with Gasteiger partial charge in [0.15, 0.2) is 5.82 Å². The Morgan fingerprint density at radius 2 is 2.00 bits per heavy atom. The molecular weight excluding hydrogens is 312 g/mol. The van der Waals surface area contributed by atoms with E-state index in [1.807, 2.05) is 54.2 Å². The van der Waals surface area contributed by atoms with Crippen LogP contribution >= 0.6 is 0 Å². The lowest BCUT2D eigenvalue weighted by Crippen LogP contribution is -2.15. The van der Waals surface area contributed by atoms with E-state index in [0.717, 1.165) is 29.2 Å². The highest BCUT2D eigenvalue weighted by atomic mass is 16.1. The third kappa shape index (κ3) is 4.12. The number of hydrogen-bond acceptors (Lipinski definition) is 3. The number of nitrogens with one attached hydrogen (secondary N) is 1. The van der Waals surface area contributed by atoms with Crippen LogP contribution in [0.5, 0.6) is 0 Å². The van der Waals surface area contributed by atoms with E-state index in [0.29, 0.717) is 13.0 Å².